The van der Waals surface area contributed by atoms with Crippen molar-refractivity contribution < 1.29 is 19.1 Å². The summed E-state index contributed by atoms with van der Waals surface area (Å²) in [5, 5.41) is 2.65. The zero-order valence-corrected chi connectivity index (χ0v) is 12.3. The second kappa shape index (κ2) is 7.72. The fourth-order valence-electron chi connectivity index (χ4n) is 2.00. The first kappa shape index (κ1) is 16.3. The van der Waals surface area contributed by atoms with Crippen LogP contribution < -0.4 is 5.32 Å². The van der Waals surface area contributed by atoms with Gasteiger partial charge in [0, 0.05) is 32.6 Å². The number of amides is 3. The first-order chi connectivity index (χ1) is 9.49. The van der Waals surface area contributed by atoms with Gasteiger partial charge in [-0.15, -0.1) is 0 Å². The number of hydrogen-bond acceptors (Lipinski definition) is 4. The van der Waals surface area contributed by atoms with Crippen molar-refractivity contribution in [3.63, 3.8) is 0 Å². The van der Waals surface area contributed by atoms with Crippen LogP contribution in [0.15, 0.2) is 0 Å². The third-order valence-electron chi connectivity index (χ3n) is 3.19. The van der Waals surface area contributed by atoms with Gasteiger partial charge in [0.25, 0.3) is 0 Å². The predicted molar refractivity (Wildman–Crippen MR) is 73.1 cm³/mol. The lowest BCUT2D eigenvalue weighted by Gasteiger charge is -2.35. The van der Waals surface area contributed by atoms with E-state index in [1.165, 1.54) is 0 Å². The Hall–Kier alpha value is -1.79. The Labute approximate surface area is 119 Å². The quantitative estimate of drug-likeness (QED) is 0.800. The number of carbonyl (C=O) groups excluding carboxylic acids is 3. The molecule has 1 aliphatic rings. The van der Waals surface area contributed by atoms with Crippen molar-refractivity contribution in [1.29, 1.82) is 0 Å². The molecule has 0 aliphatic carbocycles. The molecule has 1 heterocycles. The molecule has 0 bridgehead atoms. The first-order valence-corrected chi connectivity index (χ1v) is 6.99. The fourth-order valence-corrected chi connectivity index (χ4v) is 2.00. The van der Waals surface area contributed by atoms with Crippen LogP contribution in [0.25, 0.3) is 0 Å². The average molecular weight is 285 g/mol. The second-order valence-corrected chi connectivity index (χ2v) is 4.65. The van der Waals surface area contributed by atoms with Gasteiger partial charge >= 0.3 is 6.09 Å². The fraction of sp³-hybridized carbons (Fsp3) is 0.769. The van der Waals surface area contributed by atoms with Crippen molar-refractivity contribution in [2.24, 2.45) is 0 Å². The van der Waals surface area contributed by atoms with Gasteiger partial charge in [0.05, 0.1) is 6.61 Å². The standard InChI is InChI=1S/C13H23N3O4/c1-4-11(17)14-10(3)12(18)15-6-8-16(9-7-15)13(19)20-5-2/h10H,4-9H2,1-3H3,(H,14,17)/t10-/m1/s1. The van der Waals surface area contributed by atoms with Crippen molar-refractivity contribution in [3.8, 4) is 0 Å². The van der Waals surface area contributed by atoms with E-state index in [1.54, 1.807) is 30.6 Å². The summed E-state index contributed by atoms with van der Waals surface area (Å²) >= 11 is 0. The molecule has 114 valence electrons. The molecule has 0 saturated carbocycles. The van der Waals surface area contributed by atoms with Crippen molar-refractivity contribution in [2.45, 2.75) is 33.2 Å². The van der Waals surface area contributed by atoms with E-state index in [9.17, 15) is 14.4 Å². The monoisotopic (exact) mass is 285 g/mol. The van der Waals surface area contributed by atoms with Crippen LogP contribution in [0.5, 0.6) is 0 Å². The molecule has 1 atom stereocenters. The van der Waals surface area contributed by atoms with Crippen LogP contribution in [0, 0.1) is 0 Å². The largest absolute Gasteiger partial charge is 0.450 e. The lowest BCUT2D eigenvalue weighted by Crippen LogP contribution is -2.55. The lowest BCUT2D eigenvalue weighted by atomic mass is 10.2. The molecule has 0 unspecified atom stereocenters. The predicted octanol–water partition coefficient (Wildman–Crippen LogP) is 0.202. The highest BCUT2D eigenvalue weighted by Crippen LogP contribution is 2.06. The van der Waals surface area contributed by atoms with Crippen LogP contribution in [-0.4, -0.2) is 66.5 Å². The van der Waals surface area contributed by atoms with Crippen LogP contribution in [0.1, 0.15) is 27.2 Å². The molecule has 1 N–H and O–H groups in total. The van der Waals surface area contributed by atoms with Crippen molar-refractivity contribution in [2.75, 3.05) is 32.8 Å². The van der Waals surface area contributed by atoms with Gasteiger partial charge in [-0.25, -0.2) is 4.79 Å². The van der Waals surface area contributed by atoms with Gasteiger partial charge in [0.1, 0.15) is 6.04 Å². The highest BCUT2D eigenvalue weighted by Gasteiger charge is 2.27. The molecule has 1 saturated heterocycles. The van der Waals surface area contributed by atoms with Crippen LogP contribution in [0.2, 0.25) is 0 Å². The molecule has 1 aliphatic heterocycles. The van der Waals surface area contributed by atoms with E-state index >= 15 is 0 Å². The minimum atomic E-state index is -0.531. The Morgan fingerprint density at radius 1 is 1.10 bits per heavy atom. The number of rotatable bonds is 4. The molecular weight excluding hydrogens is 262 g/mol. The lowest BCUT2D eigenvalue weighted by molar-refractivity contribution is -0.137. The van der Waals surface area contributed by atoms with E-state index in [2.05, 4.69) is 5.32 Å². The highest BCUT2D eigenvalue weighted by molar-refractivity contribution is 5.87. The smallest absolute Gasteiger partial charge is 0.409 e. The van der Waals surface area contributed by atoms with E-state index in [1.807, 2.05) is 0 Å². The van der Waals surface area contributed by atoms with E-state index in [-0.39, 0.29) is 17.9 Å². The molecular formula is C13H23N3O4. The maximum atomic E-state index is 12.1. The zero-order valence-electron chi connectivity index (χ0n) is 12.3. The Morgan fingerprint density at radius 3 is 2.15 bits per heavy atom. The third-order valence-corrected chi connectivity index (χ3v) is 3.19. The maximum Gasteiger partial charge on any atom is 0.409 e. The molecule has 0 radical (unpaired) electrons. The molecule has 0 aromatic carbocycles. The number of nitrogens with one attached hydrogen (secondary N) is 1. The Bertz CT molecular complexity index is 365. The van der Waals surface area contributed by atoms with E-state index in [0.29, 0.717) is 39.2 Å². The molecule has 1 fully saturated rings. The van der Waals surface area contributed by atoms with Gasteiger partial charge in [-0.1, -0.05) is 6.92 Å². The molecule has 3 amide bonds. The normalized spacial score (nSPS) is 16.6. The molecule has 20 heavy (non-hydrogen) atoms. The molecule has 0 spiro atoms. The molecule has 0 aromatic heterocycles. The average Bonchev–Trinajstić information content (AvgIpc) is 2.46. The second-order valence-electron chi connectivity index (χ2n) is 4.65. The van der Waals surface area contributed by atoms with Crippen molar-refractivity contribution >= 4 is 17.9 Å². The van der Waals surface area contributed by atoms with Crippen LogP contribution in [0.4, 0.5) is 4.79 Å². The van der Waals surface area contributed by atoms with Crippen molar-refractivity contribution in [1.82, 2.24) is 15.1 Å². The summed E-state index contributed by atoms with van der Waals surface area (Å²) in [6, 6.07) is -0.531. The van der Waals surface area contributed by atoms with Crippen LogP contribution >= 0.6 is 0 Å². The Kier molecular flexibility index (Phi) is 6.27. The Balaban J connectivity index is 2.42. The topological polar surface area (TPSA) is 79.0 Å². The number of piperazine rings is 1. The summed E-state index contributed by atoms with van der Waals surface area (Å²) in [7, 11) is 0. The summed E-state index contributed by atoms with van der Waals surface area (Å²) < 4.78 is 4.92. The van der Waals surface area contributed by atoms with Gasteiger partial charge in [-0.3, -0.25) is 9.59 Å². The number of nitrogens with zero attached hydrogens (tertiary/aromatic N) is 2. The Morgan fingerprint density at radius 2 is 1.65 bits per heavy atom. The van der Waals surface area contributed by atoms with Gasteiger partial charge in [0.2, 0.25) is 11.8 Å². The van der Waals surface area contributed by atoms with Crippen LogP contribution in [-0.2, 0) is 14.3 Å². The molecule has 0 aromatic rings. The van der Waals surface area contributed by atoms with E-state index in [4.69, 9.17) is 4.74 Å². The van der Waals surface area contributed by atoms with Gasteiger partial charge < -0.3 is 19.9 Å². The minimum absolute atomic E-state index is 0.115. The van der Waals surface area contributed by atoms with Crippen LogP contribution in [0.3, 0.4) is 0 Å². The molecule has 1 rings (SSSR count). The zero-order chi connectivity index (χ0) is 15.1. The maximum absolute atomic E-state index is 12.1. The summed E-state index contributed by atoms with van der Waals surface area (Å²) in [5.74, 6) is -0.258. The third kappa shape index (κ3) is 4.40. The SMILES string of the molecule is CCOC(=O)N1CCN(C(=O)[C@@H](C)NC(=O)CC)CC1. The van der Waals surface area contributed by atoms with E-state index < -0.39 is 6.04 Å². The molecule has 7 heteroatoms. The number of hydrogen-bond donors (Lipinski definition) is 1. The number of carbonyl (C=O) groups is 3. The summed E-state index contributed by atoms with van der Waals surface area (Å²) in [5.41, 5.74) is 0. The van der Waals surface area contributed by atoms with Gasteiger partial charge in [0.15, 0.2) is 0 Å². The van der Waals surface area contributed by atoms with Gasteiger partial charge in [-0.2, -0.15) is 0 Å². The number of ether oxygens (including phenoxy) is 1. The summed E-state index contributed by atoms with van der Waals surface area (Å²) in [6.07, 6.45) is 0.0146. The van der Waals surface area contributed by atoms with Crippen molar-refractivity contribution in [3.05, 3.63) is 0 Å². The minimum Gasteiger partial charge on any atom is -0.450 e. The summed E-state index contributed by atoms with van der Waals surface area (Å²) in [4.78, 5) is 38.2. The van der Waals surface area contributed by atoms with E-state index in [0.717, 1.165) is 0 Å². The first-order valence-electron chi connectivity index (χ1n) is 6.99. The van der Waals surface area contributed by atoms with Gasteiger partial charge in [-0.05, 0) is 13.8 Å². The molecule has 7 nitrogen and oxygen atoms in total. The highest BCUT2D eigenvalue weighted by atomic mass is 16.6. The summed E-state index contributed by atoms with van der Waals surface area (Å²) in [6.45, 7) is 7.36.